The normalized spacial score (nSPS) is 10.6. The van der Waals surface area contributed by atoms with E-state index in [0.717, 1.165) is 26.0 Å². The number of nitrogen functional groups attached to an aromatic ring is 1. The molecule has 0 unspecified atom stereocenters. The Balaban J connectivity index is 2.49. The van der Waals surface area contributed by atoms with Gasteiger partial charge in [0.05, 0.1) is 30.2 Å². The highest BCUT2D eigenvalue weighted by Crippen LogP contribution is 2.24. The highest BCUT2D eigenvalue weighted by molar-refractivity contribution is 5.98. The van der Waals surface area contributed by atoms with E-state index in [1.165, 1.54) is 7.11 Å². The van der Waals surface area contributed by atoms with E-state index in [1.807, 2.05) is 13.8 Å². The van der Waals surface area contributed by atoms with Crippen LogP contribution in [-0.4, -0.2) is 32.3 Å². The first-order chi connectivity index (χ1) is 9.56. The van der Waals surface area contributed by atoms with Crippen LogP contribution in [0.3, 0.4) is 0 Å². The van der Waals surface area contributed by atoms with Crippen molar-refractivity contribution in [3.05, 3.63) is 23.8 Å². The molecule has 0 heterocycles. The average molecular weight is 280 g/mol. The van der Waals surface area contributed by atoms with Crippen molar-refractivity contribution in [2.24, 2.45) is 0 Å². The van der Waals surface area contributed by atoms with Crippen LogP contribution in [0.2, 0.25) is 0 Å². The van der Waals surface area contributed by atoms with Crippen LogP contribution in [0.4, 0.5) is 11.4 Å². The van der Waals surface area contributed by atoms with E-state index in [9.17, 15) is 4.79 Å². The number of nitrogens with one attached hydrogen (secondary N) is 1. The minimum Gasteiger partial charge on any atom is -0.465 e. The monoisotopic (exact) mass is 280 g/mol. The Labute approximate surface area is 120 Å². The number of unbranched alkanes of at least 4 members (excludes halogenated alkanes) is 1. The number of ether oxygens (including phenoxy) is 2. The molecule has 0 amide bonds. The van der Waals surface area contributed by atoms with Gasteiger partial charge in [0.2, 0.25) is 0 Å². The quantitative estimate of drug-likeness (QED) is 0.435. The molecule has 0 saturated heterocycles. The number of nitrogens with two attached hydrogens (primary N) is 1. The Bertz CT molecular complexity index is 433. The van der Waals surface area contributed by atoms with Gasteiger partial charge in [-0.25, -0.2) is 4.79 Å². The Morgan fingerprint density at radius 3 is 2.75 bits per heavy atom. The highest BCUT2D eigenvalue weighted by atomic mass is 16.5. The van der Waals surface area contributed by atoms with Crippen molar-refractivity contribution in [1.82, 2.24) is 0 Å². The molecular formula is C15H24N2O3. The third kappa shape index (κ3) is 5.09. The summed E-state index contributed by atoms with van der Waals surface area (Å²) in [7, 11) is 1.36. The molecule has 112 valence electrons. The van der Waals surface area contributed by atoms with E-state index in [4.69, 9.17) is 15.2 Å². The number of carbonyl (C=O) groups excluding carboxylic acids is 1. The summed E-state index contributed by atoms with van der Waals surface area (Å²) in [5.41, 5.74) is 7.55. The SMILES string of the molecule is COC(=O)c1cccc(N)c1NCCCCOC(C)C. The summed E-state index contributed by atoms with van der Waals surface area (Å²) in [4.78, 5) is 11.7. The van der Waals surface area contributed by atoms with Crippen molar-refractivity contribution >= 4 is 17.3 Å². The number of anilines is 2. The van der Waals surface area contributed by atoms with Crippen molar-refractivity contribution in [3.63, 3.8) is 0 Å². The second-order valence-electron chi connectivity index (χ2n) is 4.81. The van der Waals surface area contributed by atoms with E-state index in [-0.39, 0.29) is 12.1 Å². The second kappa shape index (κ2) is 8.43. The Morgan fingerprint density at radius 1 is 1.35 bits per heavy atom. The van der Waals surface area contributed by atoms with Gasteiger partial charge in [-0.3, -0.25) is 0 Å². The molecule has 1 rings (SSSR count). The summed E-state index contributed by atoms with van der Waals surface area (Å²) < 4.78 is 10.2. The van der Waals surface area contributed by atoms with E-state index >= 15 is 0 Å². The molecule has 3 N–H and O–H groups in total. The molecule has 0 aliphatic rings. The second-order valence-corrected chi connectivity index (χ2v) is 4.81. The standard InChI is InChI=1S/C15H24N2O3/c1-11(2)20-10-5-4-9-17-14-12(15(18)19-3)7-6-8-13(14)16/h6-8,11,17H,4-5,9-10,16H2,1-3H3. The molecule has 5 heteroatoms. The summed E-state index contributed by atoms with van der Waals surface area (Å²) in [5.74, 6) is -0.386. The lowest BCUT2D eigenvalue weighted by Crippen LogP contribution is -2.12. The van der Waals surface area contributed by atoms with Crippen molar-refractivity contribution < 1.29 is 14.3 Å². The number of rotatable bonds is 8. The van der Waals surface area contributed by atoms with Gasteiger partial charge >= 0.3 is 5.97 Å². The van der Waals surface area contributed by atoms with E-state index < -0.39 is 0 Å². The van der Waals surface area contributed by atoms with Gasteiger partial charge in [-0.1, -0.05) is 6.07 Å². The molecule has 20 heavy (non-hydrogen) atoms. The summed E-state index contributed by atoms with van der Waals surface area (Å²) in [5, 5.41) is 3.20. The molecule has 1 aromatic rings. The highest BCUT2D eigenvalue weighted by Gasteiger charge is 2.13. The zero-order chi connectivity index (χ0) is 15.0. The maximum absolute atomic E-state index is 11.7. The molecule has 0 bridgehead atoms. The minimum absolute atomic E-state index is 0.263. The van der Waals surface area contributed by atoms with Gasteiger partial charge in [0.25, 0.3) is 0 Å². The number of carbonyl (C=O) groups is 1. The maximum atomic E-state index is 11.7. The first-order valence-electron chi connectivity index (χ1n) is 6.88. The predicted octanol–water partition coefficient (Wildman–Crippen LogP) is 2.67. The topological polar surface area (TPSA) is 73.6 Å². The predicted molar refractivity (Wildman–Crippen MR) is 81.0 cm³/mol. The van der Waals surface area contributed by atoms with Crippen LogP contribution < -0.4 is 11.1 Å². The van der Waals surface area contributed by atoms with Gasteiger partial charge < -0.3 is 20.5 Å². The Morgan fingerprint density at radius 2 is 2.10 bits per heavy atom. The summed E-state index contributed by atoms with van der Waals surface area (Å²) in [6.45, 7) is 5.52. The largest absolute Gasteiger partial charge is 0.465 e. The van der Waals surface area contributed by atoms with Gasteiger partial charge in [0, 0.05) is 13.2 Å². The summed E-state index contributed by atoms with van der Waals surface area (Å²) >= 11 is 0. The van der Waals surface area contributed by atoms with Gasteiger partial charge in [-0.2, -0.15) is 0 Å². The lowest BCUT2D eigenvalue weighted by molar-refractivity contribution is 0.0601. The molecular weight excluding hydrogens is 256 g/mol. The molecule has 0 spiro atoms. The number of hydrogen-bond donors (Lipinski definition) is 2. The molecule has 5 nitrogen and oxygen atoms in total. The van der Waals surface area contributed by atoms with Crippen LogP contribution in [0.25, 0.3) is 0 Å². The van der Waals surface area contributed by atoms with Crippen molar-refractivity contribution in [1.29, 1.82) is 0 Å². The fraction of sp³-hybridized carbons (Fsp3) is 0.533. The lowest BCUT2D eigenvalue weighted by atomic mass is 10.1. The molecule has 0 saturated carbocycles. The third-order valence-electron chi connectivity index (χ3n) is 2.83. The van der Waals surface area contributed by atoms with E-state index in [1.54, 1.807) is 18.2 Å². The van der Waals surface area contributed by atoms with Gasteiger partial charge in [0.1, 0.15) is 0 Å². The molecule has 0 radical (unpaired) electrons. The lowest BCUT2D eigenvalue weighted by Gasteiger charge is -2.13. The molecule has 1 aromatic carbocycles. The maximum Gasteiger partial charge on any atom is 0.340 e. The summed E-state index contributed by atoms with van der Waals surface area (Å²) in [6, 6.07) is 5.20. The fourth-order valence-corrected chi connectivity index (χ4v) is 1.81. The summed E-state index contributed by atoms with van der Waals surface area (Å²) in [6.07, 6.45) is 2.17. The number of hydrogen-bond acceptors (Lipinski definition) is 5. The first-order valence-corrected chi connectivity index (χ1v) is 6.88. The zero-order valence-electron chi connectivity index (χ0n) is 12.4. The average Bonchev–Trinajstić information content (AvgIpc) is 2.42. The van der Waals surface area contributed by atoms with Gasteiger partial charge in [-0.15, -0.1) is 0 Å². The fourth-order valence-electron chi connectivity index (χ4n) is 1.81. The number of methoxy groups -OCH3 is 1. The van der Waals surface area contributed by atoms with Crippen LogP contribution in [0.1, 0.15) is 37.0 Å². The number of para-hydroxylation sites is 1. The van der Waals surface area contributed by atoms with E-state index in [2.05, 4.69) is 5.32 Å². The van der Waals surface area contributed by atoms with Crippen molar-refractivity contribution in [2.45, 2.75) is 32.8 Å². The van der Waals surface area contributed by atoms with Gasteiger partial charge in [-0.05, 0) is 38.8 Å². The van der Waals surface area contributed by atoms with Crippen molar-refractivity contribution in [3.8, 4) is 0 Å². The van der Waals surface area contributed by atoms with Crippen LogP contribution in [0.5, 0.6) is 0 Å². The van der Waals surface area contributed by atoms with Crippen LogP contribution in [-0.2, 0) is 9.47 Å². The zero-order valence-corrected chi connectivity index (χ0v) is 12.4. The van der Waals surface area contributed by atoms with E-state index in [0.29, 0.717) is 16.9 Å². The molecule has 0 aromatic heterocycles. The van der Waals surface area contributed by atoms with Crippen molar-refractivity contribution in [2.75, 3.05) is 31.3 Å². The smallest absolute Gasteiger partial charge is 0.340 e. The first kappa shape index (κ1) is 16.3. The number of esters is 1. The van der Waals surface area contributed by atoms with Crippen LogP contribution in [0, 0.1) is 0 Å². The van der Waals surface area contributed by atoms with Crippen LogP contribution in [0.15, 0.2) is 18.2 Å². The molecule has 0 aliphatic carbocycles. The van der Waals surface area contributed by atoms with Gasteiger partial charge in [0.15, 0.2) is 0 Å². The third-order valence-corrected chi connectivity index (χ3v) is 2.83. The Kier molecular flexibility index (Phi) is 6.87. The Hall–Kier alpha value is -1.75. The molecule has 0 fully saturated rings. The number of benzene rings is 1. The minimum atomic E-state index is -0.386. The molecule has 0 atom stereocenters. The molecule has 0 aliphatic heterocycles. The van der Waals surface area contributed by atoms with Crippen LogP contribution >= 0.6 is 0 Å².